The van der Waals surface area contributed by atoms with Crippen molar-refractivity contribution in [1.29, 1.82) is 0 Å². The van der Waals surface area contributed by atoms with E-state index < -0.39 is 0 Å². The number of nitrogen functional groups attached to an aromatic ring is 1. The molecule has 0 heterocycles. The van der Waals surface area contributed by atoms with Crippen LogP contribution in [0.4, 0.5) is 11.4 Å². The maximum atomic E-state index is 12.5. The summed E-state index contributed by atoms with van der Waals surface area (Å²) in [5, 5.41) is 3.92. The van der Waals surface area contributed by atoms with Crippen LogP contribution in [0.1, 0.15) is 36.0 Å². The first-order valence-corrected chi connectivity index (χ1v) is 8.70. The maximum Gasteiger partial charge on any atom is 0.253 e. The minimum absolute atomic E-state index is 0.0152. The number of benzene rings is 1. The standard InChI is InChI=1S/C16H25N3OS/c1-19(2)15-9-4-11(17)10-14(15)16(20)18-12-5-7-13(21-3)8-6-12/h4,9-10,12-13H,5-8,17H2,1-3H3,(H,18,20). The van der Waals surface area contributed by atoms with Gasteiger partial charge in [-0.3, -0.25) is 4.79 Å². The van der Waals surface area contributed by atoms with Crippen molar-refractivity contribution in [2.24, 2.45) is 0 Å². The molecule has 0 atom stereocenters. The number of anilines is 2. The monoisotopic (exact) mass is 307 g/mol. The van der Waals surface area contributed by atoms with Crippen LogP contribution in [0.5, 0.6) is 0 Å². The van der Waals surface area contributed by atoms with E-state index in [4.69, 9.17) is 5.73 Å². The SMILES string of the molecule is CSC1CCC(NC(=O)c2cc(N)ccc2N(C)C)CC1. The highest BCUT2D eigenvalue weighted by Crippen LogP contribution is 2.28. The van der Waals surface area contributed by atoms with Crippen LogP contribution in [-0.4, -0.2) is 37.6 Å². The molecule has 0 aromatic heterocycles. The minimum atomic E-state index is -0.0152. The van der Waals surface area contributed by atoms with Crippen LogP contribution in [0.2, 0.25) is 0 Å². The molecule has 0 aliphatic heterocycles. The fraction of sp³-hybridized carbons (Fsp3) is 0.562. The van der Waals surface area contributed by atoms with E-state index in [2.05, 4.69) is 11.6 Å². The Hall–Kier alpha value is -1.36. The topological polar surface area (TPSA) is 58.4 Å². The van der Waals surface area contributed by atoms with Gasteiger partial charge in [-0.05, 0) is 50.1 Å². The molecule has 4 nitrogen and oxygen atoms in total. The van der Waals surface area contributed by atoms with Crippen LogP contribution in [0, 0.1) is 0 Å². The van der Waals surface area contributed by atoms with Crippen molar-refractivity contribution in [2.45, 2.75) is 37.0 Å². The van der Waals surface area contributed by atoms with Crippen molar-refractivity contribution in [3.05, 3.63) is 23.8 Å². The molecular formula is C16H25N3OS. The third-order valence-corrected chi connectivity index (χ3v) is 5.23. The second-order valence-electron chi connectivity index (χ2n) is 5.85. The van der Waals surface area contributed by atoms with Gasteiger partial charge >= 0.3 is 0 Å². The van der Waals surface area contributed by atoms with E-state index >= 15 is 0 Å². The van der Waals surface area contributed by atoms with Gasteiger partial charge in [-0.15, -0.1) is 0 Å². The van der Waals surface area contributed by atoms with Crippen LogP contribution in [-0.2, 0) is 0 Å². The summed E-state index contributed by atoms with van der Waals surface area (Å²) in [5.41, 5.74) is 8.02. The summed E-state index contributed by atoms with van der Waals surface area (Å²) in [5.74, 6) is -0.0152. The first-order valence-electron chi connectivity index (χ1n) is 7.41. The molecule has 1 aromatic carbocycles. The van der Waals surface area contributed by atoms with Crippen LogP contribution in [0.3, 0.4) is 0 Å². The number of nitrogens with two attached hydrogens (primary N) is 1. The number of carbonyl (C=O) groups is 1. The summed E-state index contributed by atoms with van der Waals surface area (Å²) < 4.78 is 0. The lowest BCUT2D eigenvalue weighted by Crippen LogP contribution is -2.38. The first kappa shape index (κ1) is 16.0. The van der Waals surface area contributed by atoms with E-state index in [-0.39, 0.29) is 11.9 Å². The number of amides is 1. The van der Waals surface area contributed by atoms with Crippen molar-refractivity contribution in [3.8, 4) is 0 Å². The van der Waals surface area contributed by atoms with Crippen LogP contribution in [0.15, 0.2) is 18.2 Å². The fourth-order valence-electron chi connectivity index (χ4n) is 2.83. The van der Waals surface area contributed by atoms with Crippen molar-refractivity contribution in [3.63, 3.8) is 0 Å². The fourth-order valence-corrected chi connectivity index (χ4v) is 3.58. The van der Waals surface area contributed by atoms with Gasteiger partial charge in [-0.25, -0.2) is 0 Å². The van der Waals surface area contributed by atoms with Gasteiger partial charge in [-0.2, -0.15) is 11.8 Å². The van der Waals surface area contributed by atoms with Crippen LogP contribution in [0.25, 0.3) is 0 Å². The molecular weight excluding hydrogens is 282 g/mol. The number of carbonyl (C=O) groups excluding carboxylic acids is 1. The Kier molecular flexibility index (Phi) is 5.39. The van der Waals surface area contributed by atoms with Crippen molar-refractivity contribution in [2.75, 3.05) is 31.0 Å². The largest absolute Gasteiger partial charge is 0.399 e. The number of rotatable bonds is 4. The van der Waals surface area contributed by atoms with Gasteiger partial charge < -0.3 is 16.0 Å². The summed E-state index contributed by atoms with van der Waals surface area (Å²) in [6.07, 6.45) is 6.67. The maximum absolute atomic E-state index is 12.5. The van der Waals surface area contributed by atoms with E-state index in [0.29, 0.717) is 11.3 Å². The molecule has 0 spiro atoms. The second kappa shape index (κ2) is 7.07. The van der Waals surface area contributed by atoms with E-state index in [1.807, 2.05) is 42.9 Å². The molecule has 0 bridgehead atoms. The molecule has 1 amide bonds. The molecule has 0 radical (unpaired) electrons. The molecule has 1 aliphatic rings. The average molecular weight is 307 g/mol. The van der Waals surface area contributed by atoms with Gasteiger partial charge in [0.2, 0.25) is 0 Å². The van der Waals surface area contributed by atoms with E-state index in [1.54, 1.807) is 6.07 Å². The van der Waals surface area contributed by atoms with Gasteiger partial charge in [-0.1, -0.05) is 0 Å². The summed E-state index contributed by atoms with van der Waals surface area (Å²) in [4.78, 5) is 14.5. The minimum Gasteiger partial charge on any atom is -0.399 e. The Morgan fingerprint density at radius 3 is 2.52 bits per heavy atom. The molecule has 1 fully saturated rings. The molecule has 1 saturated carbocycles. The normalized spacial score (nSPS) is 21.9. The average Bonchev–Trinajstić information content (AvgIpc) is 2.47. The number of nitrogens with zero attached hydrogens (tertiary/aromatic N) is 1. The predicted molar refractivity (Wildman–Crippen MR) is 92.2 cm³/mol. The van der Waals surface area contributed by atoms with Crippen molar-refractivity contribution < 1.29 is 4.79 Å². The zero-order valence-electron chi connectivity index (χ0n) is 13.1. The Bertz CT molecular complexity index is 496. The lowest BCUT2D eigenvalue weighted by atomic mass is 9.94. The summed E-state index contributed by atoms with van der Waals surface area (Å²) in [7, 11) is 3.87. The lowest BCUT2D eigenvalue weighted by molar-refractivity contribution is 0.0928. The number of hydrogen-bond donors (Lipinski definition) is 2. The zero-order valence-corrected chi connectivity index (χ0v) is 13.9. The second-order valence-corrected chi connectivity index (χ2v) is 6.99. The molecule has 1 aliphatic carbocycles. The molecule has 21 heavy (non-hydrogen) atoms. The molecule has 1 aromatic rings. The van der Waals surface area contributed by atoms with E-state index in [1.165, 1.54) is 12.8 Å². The summed E-state index contributed by atoms with van der Waals surface area (Å²) >= 11 is 1.94. The molecule has 2 rings (SSSR count). The molecule has 0 saturated heterocycles. The Balaban J connectivity index is 2.05. The molecule has 116 valence electrons. The Morgan fingerprint density at radius 2 is 1.95 bits per heavy atom. The smallest absolute Gasteiger partial charge is 0.253 e. The quantitative estimate of drug-likeness (QED) is 0.840. The van der Waals surface area contributed by atoms with Gasteiger partial charge in [0.05, 0.1) is 5.56 Å². The number of nitrogens with one attached hydrogen (secondary N) is 1. The summed E-state index contributed by atoms with van der Waals surface area (Å²) in [6, 6.07) is 5.78. The van der Waals surface area contributed by atoms with Crippen molar-refractivity contribution in [1.82, 2.24) is 5.32 Å². The third kappa shape index (κ3) is 4.06. The van der Waals surface area contributed by atoms with E-state index in [0.717, 1.165) is 23.8 Å². The van der Waals surface area contributed by atoms with Crippen LogP contribution < -0.4 is 16.0 Å². The molecule has 5 heteroatoms. The number of thioether (sulfide) groups is 1. The molecule has 0 unspecified atom stereocenters. The highest BCUT2D eigenvalue weighted by molar-refractivity contribution is 7.99. The van der Waals surface area contributed by atoms with Gasteiger partial charge in [0.25, 0.3) is 5.91 Å². The highest BCUT2D eigenvalue weighted by Gasteiger charge is 2.23. The third-order valence-electron chi connectivity index (χ3n) is 4.09. The van der Waals surface area contributed by atoms with Gasteiger partial charge in [0, 0.05) is 36.8 Å². The summed E-state index contributed by atoms with van der Waals surface area (Å²) in [6.45, 7) is 0. The lowest BCUT2D eigenvalue weighted by Gasteiger charge is -2.28. The predicted octanol–water partition coefficient (Wildman–Crippen LogP) is 2.74. The highest BCUT2D eigenvalue weighted by atomic mass is 32.2. The number of hydrogen-bond acceptors (Lipinski definition) is 4. The molecule has 3 N–H and O–H groups in total. The first-order chi connectivity index (χ1) is 10.0. The van der Waals surface area contributed by atoms with Gasteiger partial charge in [0.15, 0.2) is 0 Å². The van der Waals surface area contributed by atoms with Crippen LogP contribution >= 0.6 is 11.8 Å². The Labute approximate surface area is 131 Å². The van der Waals surface area contributed by atoms with Gasteiger partial charge in [0.1, 0.15) is 0 Å². The van der Waals surface area contributed by atoms with E-state index in [9.17, 15) is 4.79 Å². The Morgan fingerprint density at radius 1 is 1.29 bits per heavy atom. The zero-order chi connectivity index (χ0) is 15.4. The van der Waals surface area contributed by atoms with Crippen molar-refractivity contribution >= 4 is 29.0 Å².